The van der Waals surface area contributed by atoms with Gasteiger partial charge in [0.1, 0.15) is 18.3 Å². The van der Waals surface area contributed by atoms with Gasteiger partial charge in [-0.3, -0.25) is 0 Å². The van der Waals surface area contributed by atoms with Gasteiger partial charge in [-0.2, -0.15) is 0 Å². The number of rotatable bonds is 4. The standard InChI is InChI=1S/C16H30O5Si/c1-15(2,3)22(6,7)21-12-11(9-8-10-17)18-14-13(12)19-16(4,5)20-14/h8-9,11-14,17H,10H2,1-7H3/b9-8+/t11-,12+,13-,14-/m1/s1. The summed E-state index contributed by atoms with van der Waals surface area (Å²) in [6, 6.07) is 0. The van der Waals surface area contributed by atoms with Crippen molar-refractivity contribution in [1.82, 2.24) is 0 Å². The number of hydrogen-bond donors (Lipinski definition) is 1. The van der Waals surface area contributed by atoms with E-state index in [2.05, 4.69) is 33.9 Å². The van der Waals surface area contributed by atoms with E-state index in [1.54, 1.807) is 6.08 Å². The fourth-order valence-electron chi connectivity index (χ4n) is 2.51. The molecule has 2 aliphatic rings. The van der Waals surface area contributed by atoms with Gasteiger partial charge in [0.25, 0.3) is 0 Å². The highest BCUT2D eigenvalue weighted by molar-refractivity contribution is 6.74. The Kier molecular flexibility index (Phi) is 4.93. The van der Waals surface area contributed by atoms with Gasteiger partial charge in [0.15, 0.2) is 20.4 Å². The molecule has 2 saturated heterocycles. The van der Waals surface area contributed by atoms with Gasteiger partial charge in [-0.05, 0) is 32.0 Å². The van der Waals surface area contributed by atoms with Crippen LogP contribution in [-0.4, -0.2) is 50.4 Å². The number of aliphatic hydroxyl groups excluding tert-OH is 1. The molecular formula is C16H30O5Si. The van der Waals surface area contributed by atoms with Crippen molar-refractivity contribution in [2.75, 3.05) is 6.61 Å². The monoisotopic (exact) mass is 330 g/mol. The molecule has 1 N–H and O–H groups in total. The average Bonchev–Trinajstić information content (AvgIpc) is 2.79. The van der Waals surface area contributed by atoms with Gasteiger partial charge < -0.3 is 23.7 Å². The van der Waals surface area contributed by atoms with E-state index >= 15 is 0 Å². The number of fused-ring (bicyclic) bond motifs is 1. The van der Waals surface area contributed by atoms with Crippen LogP contribution < -0.4 is 0 Å². The normalized spacial score (nSPS) is 35.3. The molecule has 0 radical (unpaired) electrons. The van der Waals surface area contributed by atoms with Gasteiger partial charge in [0.05, 0.1) is 6.61 Å². The molecule has 0 saturated carbocycles. The first kappa shape index (κ1) is 18.1. The van der Waals surface area contributed by atoms with E-state index in [1.165, 1.54) is 0 Å². The molecule has 0 spiro atoms. The third-order valence-corrected chi connectivity index (χ3v) is 9.17. The molecule has 5 nitrogen and oxygen atoms in total. The first-order valence-electron chi connectivity index (χ1n) is 7.93. The third-order valence-electron chi connectivity index (χ3n) is 4.70. The Bertz CT molecular complexity index is 427. The zero-order valence-electron chi connectivity index (χ0n) is 14.8. The molecule has 0 aromatic carbocycles. The van der Waals surface area contributed by atoms with Crippen LogP contribution in [-0.2, 0) is 18.6 Å². The van der Waals surface area contributed by atoms with E-state index < -0.39 is 20.4 Å². The molecule has 2 heterocycles. The average molecular weight is 330 g/mol. The van der Waals surface area contributed by atoms with E-state index in [0.29, 0.717) is 0 Å². The minimum atomic E-state index is -1.97. The molecule has 0 aromatic heterocycles. The van der Waals surface area contributed by atoms with Crippen molar-refractivity contribution in [2.24, 2.45) is 0 Å². The van der Waals surface area contributed by atoms with Gasteiger partial charge in [-0.1, -0.05) is 32.9 Å². The zero-order chi connectivity index (χ0) is 16.8. The van der Waals surface area contributed by atoms with Crippen LogP contribution in [0, 0.1) is 0 Å². The highest BCUT2D eigenvalue weighted by atomic mass is 28.4. The van der Waals surface area contributed by atoms with Crippen LogP contribution in [0.3, 0.4) is 0 Å². The van der Waals surface area contributed by atoms with Crippen LogP contribution in [0.2, 0.25) is 18.1 Å². The summed E-state index contributed by atoms with van der Waals surface area (Å²) in [5.41, 5.74) is 0. The van der Waals surface area contributed by atoms with Crippen LogP contribution in [0.25, 0.3) is 0 Å². The SMILES string of the molecule is CC1(C)O[C@H]2O[C@H](/C=C/CO)[C@H](O[Si](C)(C)C(C)(C)C)[C@H]2O1. The first-order valence-corrected chi connectivity index (χ1v) is 10.8. The maximum Gasteiger partial charge on any atom is 0.192 e. The quantitative estimate of drug-likeness (QED) is 0.634. The van der Waals surface area contributed by atoms with Crippen LogP contribution in [0.5, 0.6) is 0 Å². The van der Waals surface area contributed by atoms with Crippen molar-refractivity contribution in [3.05, 3.63) is 12.2 Å². The second-order valence-electron chi connectivity index (χ2n) is 8.02. The van der Waals surface area contributed by atoms with Crippen molar-refractivity contribution in [3.8, 4) is 0 Å². The molecule has 128 valence electrons. The summed E-state index contributed by atoms with van der Waals surface area (Å²) in [7, 11) is -1.97. The maximum atomic E-state index is 9.02. The molecule has 22 heavy (non-hydrogen) atoms. The molecule has 4 atom stereocenters. The van der Waals surface area contributed by atoms with Crippen LogP contribution >= 0.6 is 0 Å². The van der Waals surface area contributed by atoms with Crippen LogP contribution in [0.15, 0.2) is 12.2 Å². The zero-order valence-corrected chi connectivity index (χ0v) is 15.8. The molecule has 2 aliphatic heterocycles. The lowest BCUT2D eigenvalue weighted by Crippen LogP contribution is -2.49. The summed E-state index contributed by atoms with van der Waals surface area (Å²) in [4.78, 5) is 0. The van der Waals surface area contributed by atoms with Crippen molar-refractivity contribution >= 4 is 8.32 Å². The third kappa shape index (κ3) is 3.63. The van der Waals surface area contributed by atoms with Gasteiger partial charge in [-0.15, -0.1) is 0 Å². The Morgan fingerprint density at radius 1 is 1.23 bits per heavy atom. The first-order chi connectivity index (χ1) is 9.97. The van der Waals surface area contributed by atoms with E-state index in [0.717, 1.165) is 0 Å². The summed E-state index contributed by atoms with van der Waals surface area (Å²) in [5.74, 6) is -0.657. The summed E-state index contributed by atoms with van der Waals surface area (Å²) in [5, 5.41) is 9.13. The molecule has 0 bridgehead atoms. The number of ether oxygens (including phenoxy) is 3. The van der Waals surface area contributed by atoms with Crippen molar-refractivity contribution in [2.45, 2.75) is 83.1 Å². The van der Waals surface area contributed by atoms with E-state index in [9.17, 15) is 0 Å². The summed E-state index contributed by atoms with van der Waals surface area (Å²) in [6.45, 7) is 14.8. The second-order valence-corrected chi connectivity index (χ2v) is 12.8. The smallest absolute Gasteiger partial charge is 0.192 e. The lowest BCUT2D eigenvalue weighted by atomic mass is 10.1. The summed E-state index contributed by atoms with van der Waals surface area (Å²) in [6.07, 6.45) is 2.40. The van der Waals surface area contributed by atoms with Gasteiger partial charge >= 0.3 is 0 Å². The maximum absolute atomic E-state index is 9.02. The Hall–Kier alpha value is -0.243. The molecule has 0 aromatic rings. The largest absolute Gasteiger partial charge is 0.408 e. The van der Waals surface area contributed by atoms with E-state index in [4.69, 9.17) is 23.7 Å². The predicted molar refractivity (Wildman–Crippen MR) is 87.0 cm³/mol. The summed E-state index contributed by atoms with van der Waals surface area (Å²) < 4.78 is 24.3. The summed E-state index contributed by atoms with van der Waals surface area (Å²) >= 11 is 0. The Balaban J connectivity index is 2.21. The molecule has 6 heteroatoms. The minimum absolute atomic E-state index is 0.0186. The molecular weight excluding hydrogens is 300 g/mol. The van der Waals surface area contributed by atoms with Gasteiger partial charge in [-0.25, -0.2) is 0 Å². The van der Waals surface area contributed by atoms with Crippen molar-refractivity contribution in [1.29, 1.82) is 0 Å². The van der Waals surface area contributed by atoms with Crippen LogP contribution in [0.1, 0.15) is 34.6 Å². The molecule has 0 aliphatic carbocycles. The van der Waals surface area contributed by atoms with E-state index in [1.807, 2.05) is 19.9 Å². The number of aliphatic hydroxyl groups is 1. The lowest BCUT2D eigenvalue weighted by molar-refractivity contribution is -0.208. The fraction of sp³-hybridized carbons (Fsp3) is 0.875. The van der Waals surface area contributed by atoms with Gasteiger partial charge in [0.2, 0.25) is 0 Å². The minimum Gasteiger partial charge on any atom is -0.408 e. The fourth-order valence-corrected chi connectivity index (χ4v) is 3.81. The molecule has 0 amide bonds. The van der Waals surface area contributed by atoms with Gasteiger partial charge in [0, 0.05) is 0 Å². The Labute approximate surface area is 134 Å². The Morgan fingerprint density at radius 2 is 1.86 bits per heavy atom. The van der Waals surface area contributed by atoms with E-state index in [-0.39, 0.29) is 30.0 Å². The van der Waals surface area contributed by atoms with Crippen molar-refractivity contribution < 1.29 is 23.7 Å². The van der Waals surface area contributed by atoms with Crippen molar-refractivity contribution in [3.63, 3.8) is 0 Å². The Morgan fingerprint density at radius 3 is 2.41 bits per heavy atom. The second kappa shape index (κ2) is 6.00. The highest BCUT2D eigenvalue weighted by Crippen LogP contribution is 2.44. The molecule has 0 unspecified atom stereocenters. The molecule has 2 fully saturated rings. The highest BCUT2D eigenvalue weighted by Gasteiger charge is 2.56. The number of hydrogen-bond acceptors (Lipinski definition) is 5. The van der Waals surface area contributed by atoms with Crippen LogP contribution in [0.4, 0.5) is 0 Å². The predicted octanol–water partition coefficient (Wildman–Crippen LogP) is 2.80. The lowest BCUT2D eigenvalue weighted by Gasteiger charge is -2.40. The molecule has 2 rings (SSSR count). The topological polar surface area (TPSA) is 57.2 Å².